The Kier molecular flexibility index (Phi) is 5.18. The van der Waals surface area contributed by atoms with Crippen LogP contribution in [0.15, 0.2) is 30.5 Å². The highest BCUT2D eigenvalue weighted by molar-refractivity contribution is 7.99. The number of aliphatic hydroxyl groups excluding tert-OH is 2. The van der Waals surface area contributed by atoms with Gasteiger partial charge in [-0.1, -0.05) is 23.7 Å². The minimum absolute atomic E-state index is 0.255. The fourth-order valence-corrected chi connectivity index (χ4v) is 4.47. The van der Waals surface area contributed by atoms with Gasteiger partial charge in [0.1, 0.15) is 11.0 Å². The molecule has 3 atom stereocenters. The van der Waals surface area contributed by atoms with Gasteiger partial charge in [0.15, 0.2) is 11.6 Å². The van der Waals surface area contributed by atoms with Gasteiger partial charge in [-0.15, -0.1) is 22.0 Å². The molecule has 3 aromatic rings. The van der Waals surface area contributed by atoms with E-state index in [0.29, 0.717) is 36.0 Å². The van der Waals surface area contributed by atoms with Crippen molar-refractivity contribution < 1.29 is 14.6 Å². The van der Waals surface area contributed by atoms with Gasteiger partial charge in [-0.25, -0.2) is 9.37 Å². The maximum atomic E-state index is 13.0. The molecule has 1 fully saturated rings. The first-order valence-corrected chi connectivity index (χ1v) is 9.83. The van der Waals surface area contributed by atoms with Crippen LogP contribution in [0.2, 0.25) is 5.15 Å². The lowest BCUT2D eigenvalue weighted by Gasteiger charge is -2.14. The zero-order valence-corrected chi connectivity index (χ0v) is 15.7. The Bertz CT molecular complexity index is 954. The van der Waals surface area contributed by atoms with Crippen molar-refractivity contribution in [1.29, 1.82) is 0 Å². The SMILES string of the molecule is O[C@@H]1[C@H](O)CS[C@H]1c1nnc2c(NCCc3ccc(F)cc3)nc(Cl)cn12. The molecule has 0 spiro atoms. The Morgan fingerprint density at radius 3 is 2.74 bits per heavy atom. The fraction of sp³-hybridized carbons (Fsp3) is 0.353. The Labute approximate surface area is 163 Å². The number of hydrogen-bond acceptors (Lipinski definition) is 7. The topological polar surface area (TPSA) is 95.6 Å². The number of thioether (sulfide) groups is 1. The highest BCUT2D eigenvalue weighted by Gasteiger charge is 2.38. The van der Waals surface area contributed by atoms with Crippen molar-refractivity contribution in [2.75, 3.05) is 17.6 Å². The van der Waals surface area contributed by atoms with Gasteiger partial charge in [0.05, 0.1) is 17.5 Å². The number of hydrogen-bond donors (Lipinski definition) is 3. The van der Waals surface area contributed by atoms with E-state index in [2.05, 4.69) is 20.5 Å². The Morgan fingerprint density at radius 2 is 2.04 bits per heavy atom. The number of nitrogens with one attached hydrogen (secondary N) is 1. The van der Waals surface area contributed by atoms with E-state index in [-0.39, 0.29) is 16.2 Å². The number of benzene rings is 1. The van der Waals surface area contributed by atoms with E-state index < -0.39 is 12.2 Å². The van der Waals surface area contributed by atoms with E-state index in [1.165, 1.54) is 23.9 Å². The van der Waals surface area contributed by atoms with Gasteiger partial charge in [-0.3, -0.25) is 4.40 Å². The maximum absolute atomic E-state index is 13.0. The second kappa shape index (κ2) is 7.59. The fourth-order valence-electron chi connectivity index (χ4n) is 3.00. The molecule has 3 N–H and O–H groups in total. The van der Waals surface area contributed by atoms with E-state index in [0.717, 1.165) is 5.56 Å². The molecule has 7 nitrogen and oxygen atoms in total. The first-order valence-electron chi connectivity index (χ1n) is 8.40. The standard InChI is InChI=1S/C17H17ClFN5O2S/c18-12-7-24-16(14-13(26)11(25)8-27-14)22-23-17(24)15(21-12)20-6-5-9-1-3-10(19)4-2-9/h1-4,7,11,13-14,25-26H,5-6,8H2,(H,20,21)/t11-,13-,14-/m1/s1. The predicted molar refractivity (Wildman–Crippen MR) is 102 cm³/mol. The third-order valence-electron chi connectivity index (χ3n) is 4.41. The van der Waals surface area contributed by atoms with Crippen LogP contribution in [0.4, 0.5) is 10.2 Å². The van der Waals surface area contributed by atoms with Crippen LogP contribution in [0.1, 0.15) is 16.6 Å². The average Bonchev–Trinajstić information content (AvgIpc) is 3.20. The minimum Gasteiger partial charge on any atom is -0.390 e. The summed E-state index contributed by atoms with van der Waals surface area (Å²) in [6.45, 7) is 0.552. The maximum Gasteiger partial charge on any atom is 0.203 e. The lowest BCUT2D eigenvalue weighted by atomic mass is 10.1. The summed E-state index contributed by atoms with van der Waals surface area (Å²) in [4.78, 5) is 4.27. The smallest absolute Gasteiger partial charge is 0.203 e. The van der Waals surface area contributed by atoms with Gasteiger partial charge >= 0.3 is 0 Å². The Balaban J connectivity index is 1.55. The average molecular weight is 410 g/mol. The number of anilines is 1. The third-order valence-corrected chi connectivity index (χ3v) is 5.98. The van der Waals surface area contributed by atoms with Crippen molar-refractivity contribution in [2.24, 2.45) is 0 Å². The van der Waals surface area contributed by atoms with Crippen LogP contribution < -0.4 is 5.32 Å². The molecule has 3 heterocycles. The first kappa shape index (κ1) is 18.4. The summed E-state index contributed by atoms with van der Waals surface area (Å²) < 4.78 is 14.7. The minimum atomic E-state index is -0.913. The van der Waals surface area contributed by atoms with Crippen LogP contribution in [-0.4, -0.2) is 54.3 Å². The number of aliphatic hydroxyl groups is 2. The van der Waals surface area contributed by atoms with E-state index in [9.17, 15) is 14.6 Å². The van der Waals surface area contributed by atoms with Crippen molar-refractivity contribution in [3.63, 3.8) is 0 Å². The molecule has 1 aliphatic rings. The lowest BCUT2D eigenvalue weighted by Crippen LogP contribution is -2.25. The molecular formula is C17H17ClFN5O2S. The monoisotopic (exact) mass is 409 g/mol. The van der Waals surface area contributed by atoms with Gasteiger partial charge in [0.2, 0.25) is 5.65 Å². The summed E-state index contributed by atoms with van der Waals surface area (Å²) in [5.41, 5.74) is 1.48. The molecule has 0 aliphatic carbocycles. The van der Waals surface area contributed by atoms with Gasteiger partial charge in [-0.05, 0) is 24.1 Å². The quantitative estimate of drug-likeness (QED) is 0.593. The molecular weight excluding hydrogens is 393 g/mol. The number of fused-ring (bicyclic) bond motifs is 1. The van der Waals surface area contributed by atoms with E-state index >= 15 is 0 Å². The zero-order valence-electron chi connectivity index (χ0n) is 14.1. The molecule has 27 heavy (non-hydrogen) atoms. The van der Waals surface area contributed by atoms with Crippen LogP contribution >= 0.6 is 23.4 Å². The van der Waals surface area contributed by atoms with Crippen molar-refractivity contribution in [3.05, 3.63) is 52.8 Å². The molecule has 1 aliphatic heterocycles. The van der Waals surface area contributed by atoms with Gasteiger partial charge in [-0.2, -0.15) is 0 Å². The number of aromatic nitrogens is 4. The highest BCUT2D eigenvalue weighted by atomic mass is 35.5. The molecule has 0 saturated carbocycles. The molecule has 142 valence electrons. The molecule has 10 heteroatoms. The van der Waals surface area contributed by atoms with Gasteiger partial charge in [0, 0.05) is 18.5 Å². The second-order valence-electron chi connectivity index (χ2n) is 6.28. The summed E-state index contributed by atoms with van der Waals surface area (Å²) in [5, 5.41) is 31.4. The number of nitrogens with zero attached hydrogens (tertiary/aromatic N) is 4. The molecule has 1 saturated heterocycles. The predicted octanol–water partition coefficient (Wildman–Crippen LogP) is 2.08. The van der Waals surface area contributed by atoms with Crippen molar-refractivity contribution in [1.82, 2.24) is 19.6 Å². The Morgan fingerprint density at radius 1 is 1.26 bits per heavy atom. The summed E-state index contributed by atoms with van der Waals surface area (Å²) in [7, 11) is 0. The molecule has 2 aromatic heterocycles. The zero-order chi connectivity index (χ0) is 19.0. The van der Waals surface area contributed by atoms with Crippen LogP contribution in [0.25, 0.3) is 5.65 Å². The highest BCUT2D eigenvalue weighted by Crippen LogP contribution is 2.40. The van der Waals surface area contributed by atoms with Crippen molar-refractivity contribution >= 4 is 34.8 Å². The summed E-state index contributed by atoms with van der Waals surface area (Å²) in [6, 6.07) is 6.32. The van der Waals surface area contributed by atoms with E-state index in [4.69, 9.17) is 11.6 Å². The molecule has 0 unspecified atom stereocenters. The molecule has 0 amide bonds. The largest absolute Gasteiger partial charge is 0.390 e. The van der Waals surface area contributed by atoms with Crippen LogP contribution in [0.5, 0.6) is 0 Å². The van der Waals surface area contributed by atoms with Crippen molar-refractivity contribution in [3.8, 4) is 0 Å². The molecule has 4 rings (SSSR count). The second-order valence-corrected chi connectivity index (χ2v) is 7.84. The van der Waals surface area contributed by atoms with E-state index in [1.54, 1.807) is 22.7 Å². The summed E-state index contributed by atoms with van der Waals surface area (Å²) in [6.07, 6.45) is 0.558. The van der Waals surface area contributed by atoms with E-state index in [1.807, 2.05) is 0 Å². The lowest BCUT2D eigenvalue weighted by molar-refractivity contribution is 0.0404. The molecule has 0 bridgehead atoms. The van der Waals surface area contributed by atoms with Crippen LogP contribution in [-0.2, 0) is 6.42 Å². The number of rotatable bonds is 5. The van der Waals surface area contributed by atoms with Crippen LogP contribution in [0.3, 0.4) is 0 Å². The van der Waals surface area contributed by atoms with Gasteiger partial charge in [0.25, 0.3) is 0 Å². The normalized spacial score (nSPS) is 22.4. The van der Waals surface area contributed by atoms with Crippen LogP contribution in [0, 0.1) is 5.82 Å². The number of halogens is 2. The van der Waals surface area contributed by atoms with Gasteiger partial charge < -0.3 is 15.5 Å². The first-order chi connectivity index (χ1) is 13.0. The van der Waals surface area contributed by atoms with Crippen molar-refractivity contribution in [2.45, 2.75) is 23.9 Å². The Hall–Kier alpha value is -1.94. The summed E-state index contributed by atoms with van der Waals surface area (Å²) in [5.74, 6) is 1.16. The summed E-state index contributed by atoms with van der Waals surface area (Å²) >= 11 is 7.57. The third kappa shape index (κ3) is 3.73. The molecule has 0 radical (unpaired) electrons. The molecule has 1 aromatic carbocycles.